The van der Waals surface area contributed by atoms with Gasteiger partial charge in [-0.25, -0.2) is 13.2 Å². The smallest absolute Gasteiger partial charge is 0.149 e. The number of hydrogen-bond acceptors (Lipinski definition) is 3. The lowest BCUT2D eigenvalue weighted by Gasteiger charge is -2.14. The summed E-state index contributed by atoms with van der Waals surface area (Å²) >= 11 is 1.39. The van der Waals surface area contributed by atoms with Crippen molar-refractivity contribution < 1.29 is 8.78 Å². The van der Waals surface area contributed by atoms with Crippen molar-refractivity contribution in [1.82, 2.24) is 0 Å². The number of nitrogens with zero attached hydrogens (tertiary/aromatic N) is 1. The summed E-state index contributed by atoms with van der Waals surface area (Å²) in [7, 11) is 1.48. The van der Waals surface area contributed by atoms with Crippen molar-refractivity contribution in [3.63, 3.8) is 0 Å². The van der Waals surface area contributed by atoms with Crippen LogP contribution in [0.3, 0.4) is 0 Å². The standard InChI is InChI=1S/C13H18F2N2S/c1-8(17-18-13(2,3)4)9-6-10(14)12(16-5)11(15)7-9/h6-7,16H,1-5H3/b17-8+. The normalized spacial score (nSPS) is 12.7. The summed E-state index contributed by atoms with van der Waals surface area (Å²) in [4.78, 5) is 0. The summed E-state index contributed by atoms with van der Waals surface area (Å²) in [6.45, 7) is 7.82. The molecule has 0 radical (unpaired) electrons. The Balaban J connectivity index is 3.04. The summed E-state index contributed by atoms with van der Waals surface area (Å²) in [5, 5.41) is 2.49. The fourth-order valence-corrected chi connectivity index (χ4v) is 1.80. The number of halogens is 2. The third kappa shape index (κ3) is 3.98. The van der Waals surface area contributed by atoms with Crippen LogP contribution in [0.5, 0.6) is 0 Å². The molecule has 0 aliphatic heterocycles. The largest absolute Gasteiger partial charge is 0.383 e. The Morgan fingerprint density at radius 2 is 1.72 bits per heavy atom. The summed E-state index contributed by atoms with van der Waals surface area (Å²) in [6, 6.07) is 2.58. The highest BCUT2D eigenvalue weighted by Gasteiger charge is 2.13. The van der Waals surface area contributed by atoms with Crippen LogP contribution < -0.4 is 5.32 Å². The van der Waals surface area contributed by atoms with E-state index in [0.717, 1.165) is 0 Å². The van der Waals surface area contributed by atoms with E-state index >= 15 is 0 Å². The van der Waals surface area contributed by atoms with Crippen LogP contribution in [0, 0.1) is 11.6 Å². The lowest BCUT2D eigenvalue weighted by molar-refractivity contribution is 0.589. The molecule has 0 aromatic heterocycles. The third-order valence-corrected chi connectivity index (χ3v) is 3.08. The molecule has 1 aromatic carbocycles. The van der Waals surface area contributed by atoms with E-state index in [1.54, 1.807) is 6.92 Å². The molecule has 0 saturated carbocycles. The zero-order valence-electron chi connectivity index (χ0n) is 11.3. The summed E-state index contributed by atoms with van der Waals surface area (Å²) in [5.74, 6) is -1.22. The van der Waals surface area contributed by atoms with Crippen LogP contribution in [-0.2, 0) is 0 Å². The van der Waals surface area contributed by atoms with Crippen LogP contribution >= 0.6 is 11.9 Å². The Kier molecular flexibility index (Phi) is 4.73. The maximum atomic E-state index is 13.6. The predicted molar refractivity (Wildman–Crippen MR) is 75.5 cm³/mol. The molecule has 0 unspecified atom stereocenters. The third-order valence-electron chi connectivity index (χ3n) is 2.17. The van der Waals surface area contributed by atoms with E-state index in [1.165, 1.54) is 31.1 Å². The van der Waals surface area contributed by atoms with Crippen LogP contribution in [0.2, 0.25) is 0 Å². The first-order valence-electron chi connectivity index (χ1n) is 5.64. The van der Waals surface area contributed by atoms with Gasteiger partial charge in [0, 0.05) is 17.4 Å². The predicted octanol–water partition coefficient (Wildman–Crippen LogP) is 4.26. The van der Waals surface area contributed by atoms with E-state index in [-0.39, 0.29) is 10.4 Å². The molecule has 100 valence electrons. The molecule has 0 spiro atoms. The molecule has 0 saturated heterocycles. The second-order valence-electron chi connectivity index (χ2n) is 4.95. The average molecular weight is 272 g/mol. The highest BCUT2D eigenvalue weighted by molar-refractivity contribution is 7.99. The van der Waals surface area contributed by atoms with Gasteiger partial charge in [-0.05, 0) is 51.8 Å². The average Bonchev–Trinajstić information content (AvgIpc) is 2.24. The van der Waals surface area contributed by atoms with Crippen LogP contribution in [0.4, 0.5) is 14.5 Å². The second kappa shape index (κ2) is 5.69. The van der Waals surface area contributed by atoms with Gasteiger partial charge in [-0.3, -0.25) is 0 Å². The molecule has 1 rings (SSSR count). The molecule has 0 amide bonds. The molecule has 0 atom stereocenters. The van der Waals surface area contributed by atoms with E-state index in [2.05, 4.69) is 9.71 Å². The van der Waals surface area contributed by atoms with Gasteiger partial charge >= 0.3 is 0 Å². The highest BCUT2D eigenvalue weighted by Crippen LogP contribution is 2.26. The van der Waals surface area contributed by atoms with Gasteiger partial charge in [0.25, 0.3) is 0 Å². The molecular weight excluding hydrogens is 254 g/mol. The molecule has 1 N–H and O–H groups in total. The topological polar surface area (TPSA) is 24.4 Å². The molecule has 0 heterocycles. The summed E-state index contributed by atoms with van der Waals surface area (Å²) in [6.07, 6.45) is 0. The first kappa shape index (κ1) is 15.0. The fourth-order valence-electron chi connectivity index (χ4n) is 1.28. The Labute approximate surface area is 111 Å². The molecule has 18 heavy (non-hydrogen) atoms. The minimum Gasteiger partial charge on any atom is -0.383 e. The Morgan fingerprint density at radius 3 is 2.11 bits per heavy atom. The van der Waals surface area contributed by atoms with Gasteiger partial charge in [0.1, 0.15) is 17.3 Å². The van der Waals surface area contributed by atoms with E-state index < -0.39 is 11.6 Å². The van der Waals surface area contributed by atoms with Crippen LogP contribution in [0.15, 0.2) is 16.5 Å². The van der Waals surface area contributed by atoms with Gasteiger partial charge in [0.2, 0.25) is 0 Å². The monoisotopic (exact) mass is 272 g/mol. The van der Waals surface area contributed by atoms with Gasteiger partial charge in [0.15, 0.2) is 0 Å². The van der Waals surface area contributed by atoms with Crippen molar-refractivity contribution >= 4 is 23.3 Å². The van der Waals surface area contributed by atoms with E-state index in [1.807, 2.05) is 20.8 Å². The summed E-state index contributed by atoms with van der Waals surface area (Å²) < 4.78 is 31.4. The summed E-state index contributed by atoms with van der Waals surface area (Å²) in [5.41, 5.74) is 0.950. The van der Waals surface area contributed by atoms with Crippen molar-refractivity contribution in [1.29, 1.82) is 0 Å². The quantitative estimate of drug-likeness (QED) is 0.656. The molecular formula is C13H18F2N2S. The van der Waals surface area contributed by atoms with Crippen molar-refractivity contribution in [2.24, 2.45) is 4.40 Å². The molecule has 0 aliphatic carbocycles. The second-order valence-corrected chi connectivity index (χ2v) is 6.54. The maximum Gasteiger partial charge on any atom is 0.149 e. The number of rotatable bonds is 3. The molecule has 1 aromatic rings. The Hall–Kier alpha value is -1.10. The first-order chi connectivity index (χ1) is 8.24. The van der Waals surface area contributed by atoms with Gasteiger partial charge in [-0.2, -0.15) is 0 Å². The fraction of sp³-hybridized carbons (Fsp3) is 0.462. The molecule has 0 bridgehead atoms. The van der Waals surface area contributed by atoms with Crippen molar-refractivity contribution in [2.75, 3.05) is 12.4 Å². The molecule has 2 nitrogen and oxygen atoms in total. The van der Waals surface area contributed by atoms with Gasteiger partial charge < -0.3 is 5.32 Å². The number of benzene rings is 1. The lowest BCUT2D eigenvalue weighted by atomic mass is 10.1. The van der Waals surface area contributed by atoms with Gasteiger partial charge in [-0.1, -0.05) is 0 Å². The molecule has 0 fully saturated rings. The lowest BCUT2D eigenvalue weighted by Crippen LogP contribution is -2.07. The Bertz CT molecular complexity index is 442. The molecule has 0 aliphatic rings. The number of anilines is 1. The van der Waals surface area contributed by atoms with Crippen molar-refractivity contribution in [2.45, 2.75) is 32.4 Å². The first-order valence-corrected chi connectivity index (χ1v) is 6.42. The van der Waals surface area contributed by atoms with E-state index in [4.69, 9.17) is 0 Å². The molecule has 5 heteroatoms. The zero-order valence-corrected chi connectivity index (χ0v) is 12.1. The SMILES string of the molecule is CNc1c(F)cc(/C(C)=N/SC(C)(C)C)cc1F. The van der Waals surface area contributed by atoms with Crippen molar-refractivity contribution in [3.05, 3.63) is 29.3 Å². The van der Waals surface area contributed by atoms with Crippen LogP contribution in [-0.4, -0.2) is 17.5 Å². The minimum atomic E-state index is -0.609. The highest BCUT2D eigenvalue weighted by atomic mass is 32.2. The number of hydrogen-bond donors (Lipinski definition) is 1. The van der Waals surface area contributed by atoms with Crippen LogP contribution in [0.1, 0.15) is 33.3 Å². The van der Waals surface area contributed by atoms with E-state index in [0.29, 0.717) is 11.3 Å². The van der Waals surface area contributed by atoms with Crippen molar-refractivity contribution in [3.8, 4) is 0 Å². The Morgan fingerprint density at radius 1 is 1.22 bits per heavy atom. The zero-order chi connectivity index (χ0) is 13.9. The van der Waals surface area contributed by atoms with Crippen LogP contribution in [0.25, 0.3) is 0 Å². The minimum absolute atomic E-state index is 0.0245. The maximum absolute atomic E-state index is 13.6. The van der Waals surface area contributed by atoms with Gasteiger partial charge in [-0.15, -0.1) is 0 Å². The van der Waals surface area contributed by atoms with E-state index in [9.17, 15) is 8.78 Å². The number of nitrogens with one attached hydrogen (secondary N) is 1. The van der Waals surface area contributed by atoms with Gasteiger partial charge in [0.05, 0.1) is 5.71 Å².